The van der Waals surface area contributed by atoms with Crippen LogP contribution in [0.5, 0.6) is 5.75 Å². The van der Waals surface area contributed by atoms with Gasteiger partial charge in [-0.25, -0.2) is 0 Å². The van der Waals surface area contributed by atoms with Crippen molar-refractivity contribution in [2.24, 2.45) is 0 Å². The van der Waals surface area contributed by atoms with Crippen molar-refractivity contribution in [1.29, 1.82) is 5.26 Å². The average Bonchev–Trinajstić information content (AvgIpc) is 3.05. The van der Waals surface area contributed by atoms with Crippen LogP contribution in [0.15, 0.2) is 29.8 Å². The van der Waals surface area contributed by atoms with Crippen LogP contribution in [0.25, 0.3) is 6.08 Å². The molecular formula is C17H20N2O3. The van der Waals surface area contributed by atoms with Crippen molar-refractivity contribution >= 4 is 12.0 Å². The largest absolute Gasteiger partial charge is 0.494 e. The number of amides is 1. The van der Waals surface area contributed by atoms with Gasteiger partial charge in [0.15, 0.2) is 0 Å². The van der Waals surface area contributed by atoms with Gasteiger partial charge in [-0.2, -0.15) is 5.26 Å². The molecule has 1 atom stereocenters. The fraction of sp³-hybridized carbons (Fsp3) is 0.412. The van der Waals surface area contributed by atoms with Gasteiger partial charge >= 0.3 is 0 Å². The Kier molecular flexibility index (Phi) is 5.99. The first-order chi connectivity index (χ1) is 10.7. The molecule has 0 radical (unpaired) electrons. The van der Waals surface area contributed by atoms with Gasteiger partial charge in [0, 0.05) is 13.2 Å². The lowest BCUT2D eigenvalue weighted by atomic mass is 10.1. The molecule has 0 spiro atoms. The molecule has 1 fully saturated rings. The fourth-order valence-corrected chi connectivity index (χ4v) is 2.25. The van der Waals surface area contributed by atoms with E-state index in [1.807, 2.05) is 37.3 Å². The molecule has 1 amide bonds. The van der Waals surface area contributed by atoms with Crippen molar-refractivity contribution in [3.8, 4) is 11.8 Å². The summed E-state index contributed by atoms with van der Waals surface area (Å²) in [6.45, 7) is 3.71. The van der Waals surface area contributed by atoms with E-state index in [2.05, 4.69) is 5.32 Å². The highest BCUT2D eigenvalue weighted by Crippen LogP contribution is 2.15. The van der Waals surface area contributed by atoms with Crippen molar-refractivity contribution in [1.82, 2.24) is 5.32 Å². The molecule has 22 heavy (non-hydrogen) atoms. The van der Waals surface area contributed by atoms with E-state index in [9.17, 15) is 4.79 Å². The zero-order valence-corrected chi connectivity index (χ0v) is 12.7. The second-order valence-corrected chi connectivity index (χ2v) is 5.02. The van der Waals surface area contributed by atoms with Gasteiger partial charge in [-0.05, 0) is 43.5 Å². The first kappa shape index (κ1) is 16.1. The molecule has 0 aliphatic carbocycles. The molecule has 0 saturated carbocycles. The normalized spacial score (nSPS) is 17.8. The maximum atomic E-state index is 12.0. The summed E-state index contributed by atoms with van der Waals surface area (Å²) in [5, 5.41) is 11.9. The van der Waals surface area contributed by atoms with Crippen molar-refractivity contribution in [3.05, 3.63) is 35.4 Å². The predicted molar refractivity (Wildman–Crippen MR) is 83.2 cm³/mol. The Morgan fingerprint density at radius 3 is 2.86 bits per heavy atom. The van der Waals surface area contributed by atoms with Crippen LogP contribution in [0.1, 0.15) is 25.3 Å². The molecule has 1 aromatic rings. The van der Waals surface area contributed by atoms with Crippen LogP contribution < -0.4 is 10.1 Å². The Morgan fingerprint density at radius 1 is 1.50 bits per heavy atom. The Balaban J connectivity index is 1.96. The number of benzene rings is 1. The lowest BCUT2D eigenvalue weighted by Crippen LogP contribution is -2.32. The summed E-state index contributed by atoms with van der Waals surface area (Å²) in [5.74, 6) is 0.396. The van der Waals surface area contributed by atoms with Crippen molar-refractivity contribution in [2.75, 3.05) is 19.8 Å². The van der Waals surface area contributed by atoms with E-state index in [0.29, 0.717) is 13.2 Å². The second kappa shape index (κ2) is 8.20. The fourth-order valence-electron chi connectivity index (χ4n) is 2.25. The van der Waals surface area contributed by atoms with Crippen LogP contribution in [-0.2, 0) is 9.53 Å². The minimum Gasteiger partial charge on any atom is -0.494 e. The maximum absolute atomic E-state index is 12.0. The minimum absolute atomic E-state index is 0.0642. The third-order valence-corrected chi connectivity index (χ3v) is 3.38. The topological polar surface area (TPSA) is 71.3 Å². The molecule has 0 bridgehead atoms. The summed E-state index contributed by atoms with van der Waals surface area (Å²) >= 11 is 0. The highest BCUT2D eigenvalue weighted by Gasteiger charge is 2.17. The lowest BCUT2D eigenvalue weighted by molar-refractivity contribution is -0.117. The second-order valence-electron chi connectivity index (χ2n) is 5.02. The molecule has 0 aromatic heterocycles. The molecule has 116 valence electrons. The van der Waals surface area contributed by atoms with E-state index < -0.39 is 0 Å². The Labute approximate surface area is 130 Å². The van der Waals surface area contributed by atoms with Crippen LogP contribution >= 0.6 is 0 Å². The highest BCUT2D eigenvalue weighted by atomic mass is 16.5. The molecule has 1 aliphatic heterocycles. The molecule has 1 aliphatic rings. The van der Waals surface area contributed by atoms with E-state index in [4.69, 9.17) is 14.7 Å². The summed E-state index contributed by atoms with van der Waals surface area (Å²) in [4.78, 5) is 12.0. The minimum atomic E-state index is -0.369. The van der Waals surface area contributed by atoms with Crippen LogP contribution in [0.2, 0.25) is 0 Å². The van der Waals surface area contributed by atoms with Gasteiger partial charge in [0.2, 0.25) is 0 Å². The van der Waals surface area contributed by atoms with Gasteiger partial charge in [0.05, 0.1) is 12.7 Å². The first-order valence-electron chi connectivity index (χ1n) is 7.47. The summed E-state index contributed by atoms with van der Waals surface area (Å²) in [6.07, 6.45) is 3.60. The number of nitriles is 1. The molecule has 5 heteroatoms. The number of nitrogens with one attached hydrogen (secondary N) is 1. The van der Waals surface area contributed by atoms with E-state index in [1.54, 1.807) is 6.08 Å². The number of rotatable bonds is 6. The quantitative estimate of drug-likeness (QED) is 0.646. The summed E-state index contributed by atoms with van der Waals surface area (Å²) in [5.41, 5.74) is 0.870. The SMILES string of the molecule is CCOc1ccc(/C=C(/C#N)C(=O)NC[C@H]2CCCO2)cc1. The van der Waals surface area contributed by atoms with Crippen LogP contribution in [-0.4, -0.2) is 31.8 Å². The Hall–Kier alpha value is -2.32. The van der Waals surface area contributed by atoms with Gasteiger partial charge in [-0.3, -0.25) is 4.79 Å². The van der Waals surface area contributed by atoms with Gasteiger partial charge < -0.3 is 14.8 Å². The number of carbonyl (C=O) groups excluding carboxylic acids is 1. The predicted octanol–water partition coefficient (Wildman–Crippen LogP) is 2.29. The molecular weight excluding hydrogens is 280 g/mol. The van der Waals surface area contributed by atoms with Crippen LogP contribution in [0.4, 0.5) is 0 Å². The zero-order chi connectivity index (χ0) is 15.8. The first-order valence-corrected chi connectivity index (χ1v) is 7.47. The molecule has 0 unspecified atom stereocenters. The molecule has 5 nitrogen and oxygen atoms in total. The molecule has 1 heterocycles. The zero-order valence-electron chi connectivity index (χ0n) is 12.7. The summed E-state index contributed by atoms with van der Waals surface area (Å²) < 4.78 is 10.8. The number of hydrogen-bond acceptors (Lipinski definition) is 4. The van der Waals surface area contributed by atoms with Gasteiger partial charge in [-0.15, -0.1) is 0 Å². The maximum Gasteiger partial charge on any atom is 0.262 e. The van der Waals surface area contributed by atoms with Crippen molar-refractivity contribution in [3.63, 3.8) is 0 Å². The van der Waals surface area contributed by atoms with Crippen LogP contribution in [0, 0.1) is 11.3 Å². The molecule has 2 rings (SSSR count). The van der Waals surface area contributed by atoms with E-state index in [0.717, 1.165) is 30.8 Å². The van der Waals surface area contributed by atoms with Crippen molar-refractivity contribution < 1.29 is 14.3 Å². The number of carbonyl (C=O) groups is 1. The Bertz CT molecular complexity index is 567. The standard InChI is InChI=1S/C17H20N2O3/c1-2-21-15-7-5-13(6-8-15)10-14(11-18)17(20)19-12-16-4-3-9-22-16/h5-8,10,16H,2-4,9,12H2,1H3,(H,19,20)/b14-10-/t16-/m1/s1. The summed E-state index contributed by atoms with van der Waals surface area (Å²) in [7, 11) is 0. The van der Waals surface area contributed by atoms with E-state index in [-0.39, 0.29) is 17.6 Å². The summed E-state index contributed by atoms with van der Waals surface area (Å²) in [6, 6.07) is 9.20. The number of hydrogen-bond donors (Lipinski definition) is 1. The van der Waals surface area contributed by atoms with E-state index >= 15 is 0 Å². The van der Waals surface area contributed by atoms with Crippen LogP contribution in [0.3, 0.4) is 0 Å². The van der Waals surface area contributed by atoms with Crippen molar-refractivity contribution in [2.45, 2.75) is 25.9 Å². The average molecular weight is 300 g/mol. The third-order valence-electron chi connectivity index (χ3n) is 3.38. The lowest BCUT2D eigenvalue weighted by Gasteiger charge is -2.10. The van der Waals surface area contributed by atoms with Gasteiger partial charge in [0.25, 0.3) is 5.91 Å². The molecule has 1 N–H and O–H groups in total. The smallest absolute Gasteiger partial charge is 0.262 e. The third kappa shape index (κ3) is 4.61. The number of ether oxygens (including phenoxy) is 2. The van der Waals surface area contributed by atoms with Gasteiger partial charge in [-0.1, -0.05) is 12.1 Å². The molecule has 1 saturated heterocycles. The molecule has 1 aromatic carbocycles. The Morgan fingerprint density at radius 2 is 2.27 bits per heavy atom. The van der Waals surface area contributed by atoms with E-state index in [1.165, 1.54) is 0 Å². The number of nitrogens with zero attached hydrogens (tertiary/aromatic N) is 1. The highest BCUT2D eigenvalue weighted by molar-refractivity contribution is 6.01. The van der Waals surface area contributed by atoms with Gasteiger partial charge in [0.1, 0.15) is 17.4 Å². The monoisotopic (exact) mass is 300 g/mol.